The maximum Gasteiger partial charge on any atom is 0.416 e. The van der Waals surface area contributed by atoms with Gasteiger partial charge in [-0.15, -0.1) is 0 Å². The minimum absolute atomic E-state index is 0.382. The van der Waals surface area contributed by atoms with E-state index in [-0.39, 0.29) is 0 Å². The highest BCUT2D eigenvalue weighted by Crippen LogP contribution is 2.33. The van der Waals surface area contributed by atoms with Crippen molar-refractivity contribution in [3.63, 3.8) is 0 Å². The molecule has 1 aromatic carbocycles. The first-order valence-electron chi connectivity index (χ1n) is 6.03. The second kappa shape index (κ2) is 5.97. The fraction of sp³-hybridized carbons (Fsp3) is 0.538. The highest BCUT2D eigenvalue weighted by Gasteiger charge is 2.32. The zero-order valence-corrected chi connectivity index (χ0v) is 10.8. The lowest BCUT2D eigenvalue weighted by atomic mass is 10.1. The van der Waals surface area contributed by atoms with Gasteiger partial charge in [0.15, 0.2) is 0 Å². The zero-order chi connectivity index (χ0) is 13.0. The standard InChI is InChI=1S/C13H16F3NS/c14-13(15,16)12-6-2-1-4-10(12)8-18-9-11-5-3-7-17-11/h1-2,4,6,11,17H,3,5,7-9H2. The lowest BCUT2D eigenvalue weighted by Crippen LogP contribution is -2.23. The number of halogens is 3. The number of alkyl halides is 3. The van der Waals surface area contributed by atoms with Crippen LogP contribution in [0.25, 0.3) is 0 Å². The number of thioether (sulfide) groups is 1. The highest BCUT2D eigenvalue weighted by atomic mass is 32.2. The first-order chi connectivity index (χ1) is 8.57. The van der Waals surface area contributed by atoms with Crippen LogP contribution in [0.2, 0.25) is 0 Å². The van der Waals surface area contributed by atoms with Gasteiger partial charge in [0, 0.05) is 17.5 Å². The Morgan fingerprint density at radius 1 is 1.28 bits per heavy atom. The molecule has 0 saturated carbocycles. The second-order valence-corrected chi connectivity index (χ2v) is 5.49. The summed E-state index contributed by atoms with van der Waals surface area (Å²) in [5.41, 5.74) is -0.120. The molecular weight excluding hydrogens is 259 g/mol. The average molecular weight is 275 g/mol. The smallest absolute Gasteiger partial charge is 0.313 e. The summed E-state index contributed by atoms with van der Waals surface area (Å²) in [4.78, 5) is 0. The first-order valence-corrected chi connectivity index (χ1v) is 7.19. The normalized spacial score (nSPS) is 20.3. The molecule has 1 nitrogen and oxygen atoms in total. The molecule has 1 saturated heterocycles. The number of rotatable bonds is 4. The van der Waals surface area contributed by atoms with E-state index in [0.717, 1.165) is 24.8 Å². The van der Waals surface area contributed by atoms with Gasteiger partial charge in [0.05, 0.1) is 5.56 Å². The van der Waals surface area contributed by atoms with Crippen LogP contribution in [0.4, 0.5) is 13.2 Å². The fourth-order valence-corrected chi connectivity index (χ4v) is 3.29. The average Bonchev–Trinajstić information content (AvgIpc) is 2.81. The molecule has 1 fully saturated rings. The van der Waals surface area contributed by atoms with Crippen molar-refractivity contribution < 1.29 is 13.2 Å². The lowest BCUT2D eigenvalue weighted by Gasteiger charge is -2.13. The molecule has 1 N–H and O–H groups in total. The van der Waals surface area contributed by atoms with Crippen molar-refractivity contribution >= 4 is 11.8 Å². The van der Waals surface area contributed by atoms with Crippen LogP contribution < -0.4 is 5.32 Å². The largest absolute Gasteiger partial charge is 0.416 e. The molecule has 1 atom stereocenters. The highest BCUT2D eigenvalue weighted by molar-refractivity contribution is 7.98. The van der Waals surface area contributed by atoms with Gasteiger partial charge in [-0.25, -0.2) is 0 Å². The number of hydrogen-bond acceptors (Lipinski definition) is 2. The van der Waals surface area contributed by atoms with Crippen LogP contribution in [0.15, 0.2) is 24.3 Å². The van der Waals surface area contributed by atoms with Gasteiger partial charge in [-0.3, -0.25) is 0 Å². The van der Waals surface area contributed by atoms with E-state index in [2.05, 4.69) is 5.32 Å². The number of nitrogens with one attached hydrogen (secondary N) is 1. The van der Waals surface area contributed by atoms with E-state index in [4.69, 9.17) is 0 Å². The van der Waals surface area contributed by atoms with Gasteiger partial charge in [-0.05, 0) is 31.0 Å². The monoisotopic (exact) mass is 275 g/mol. The van der Waals surface area contributed by atoms with Crippen molar-refractivity contribution in [1.29, 1.82) is 0 Å². The van der Waals surface area contributed by atoms with Crippen LogP contribution in [-0.4, -0.2) is 18.3 Å². The molecular formula is C13H16F3NS. The van der Waals surface area contributed by atoms with Gasteiger partial charge in [0.2, 0.25) is 0 Å². The summed E-state index contributed by atoms with van der Waals surface area (Å²) < 4.78 is 38.3. The van der Waals surface area contributed by atoms with Gasteiger partial charge < -0.3 is 5.32 Å². The molecule has 1 aliphatic rings. The summed E-state index contributed by atoms with van der Waals surface area (Å²) in [5.74, 6) is 1.31. The van der Waals surface area contributed by atoms with Crippen molar-refractivity contribution in [2.45, 2.75) is 30.8 Å². The molecule has 1 aliphatic heterocycles. The maximum absolute atomic E-state index is 12.8. The Morgan fingerprint density at radius 2 is 2.06 bits per heavy atom. The van der Waals surface area contributed by atoms with Crippen molar-refractivity contribution in [2.75, 3.05) is 12.3 Å². The molecule has 0 amide bonds. The van der Waals surface area contributed by atoms with Crippen molar-refractivity contribution in [3.05, 3.63) is 35.4 Å². The molecule has 18 heavy (non-hydrogen) atoms. The minimum Gasteiger partial charge on any atom is -0.313 e. The van der Waals surface area contributed by atoms with Gasteiger partial charge in [-0.2, -0.15) is 24.9 Å². The van der Waals surface area contributed by atoms with Crippen molar-refractivity contribution in [2.24, 2.45) is 0 Å². The van der Waals surface area contributed by atoms with Crippen LogP contribution in [0.5, 0.6) is 0 Å². The Kier molecular flexibility index (Phi) is 4.56. The van der Waals surface area contributed by atoms with Crippen LogP contribution in [0, 0.1) is 0 Å². The molecule has 0 aromatic heterocycles. The second-order valence-electron chi connectivity index (χ2n) is 4.46. The predicted octanol–water partition coefficient (Wildman–Crippen LogP) is 3.69. The SMILES string of the molecule is FC(F)(F)c1ccccc1CSCC1CCCN1. The van der Waals surface area contributed by atoms with Crippen molar-refractivity contribution in [1.82, 2.24) is 5.32 Å². The summed E-state index contributed by atoms with van der Waals surface area (Å²) in [6.07, 6.45) is -1.94. The number of benzene rings is 1. The Balaban J connectivity index is 1.92. The van der Waals surface area contributed by atoms with Gasteiger partial charge in [0.25, 0.3) is 0 Å². The minimum atomic E-state index is -4.25. The van der Waals surface area contributed by atoms with E-state index in [9.17, 15) is 13.2 Å². The molecule has 1 aromatic rings. The van der Waals surface area contributed by atoms with Gasteiger partial charge in [-0.1, -0.05) is 18.2 Å². The van der Waals surface area contributed by atoms with Gasteiger partial charge in [0.1, 0.15) is 0 Å². The lowest BCUT2D eigenvalue weighted by molar-refractivity contribution is -0.138. The van der Waals surface area contributed by atoms with Crippen LogP contribution in [0.3, 0.4) is 0 Å². The molecule has 100 valence electrons. The van der Waals surface area contributed by atoms with Crippen molar-refractivity contribution in [3.8, 4) is 0 Å². The van der Waals surface area contributed by atoms with Crippen LogP contribution in [0.1, 0.15) is 24.0 Å². The van der Waals surface area contributed by atoms with E-state index in [1.165, 1.54) is 12.5 Å². The van der Waals surface area contributed by atoms with Gasteiger partial charge >= 0.3 is 6.18 Å². The van der Waals surface area contributed by atoms with E-state index < -0.39 is 11.7 Å². The van der Waals surface area contributed by atoms with Crippen LogP contribution >= 0.6 is 11.8 Å². The predicted molar refractivity (Wildman–Crippen MR) is 68.6 cm³/mol. The number of hydrogen-bond donors (Lipinski definition) is 1. The molecule has 1 unspecified atom stereocenters. The summed E-state index contributed by atoms with van der Waals surface area (Å²) in [6.45, 7) is 1.03. The Bertz CT molecular complexity index is 386. The fourth-order valence-electron chi connectivity index (χ4n) is 2.13. The maximum atomic E-state index is 12.8. The Morgan fingerprint density at radius 3 is 2.72 bits per heavy atom. The Hall–Kier alpha value is -0.680. The Labute approximate surface area is 109 Å². The quantitative estimate of drug-likeness (QED) is 0.899. The molecule has 2 rings (SSSR count). The van der Waals surface area contributed by atoms with E-state index in [1.54, 1.807) is 23.9 Å². The zero-order valence-electron chi connectivity index (χ0n) is 9.96. The molecule has 0 bridgehead atoms. The van der Waals surface area contributed by atoms with E-state index >= 15 is 0 Å². The van der Waals surface area contributed by atoms with E-state index in [1.807, 2.05) is 0 Å². The van der Waals surface area contributed by atoms with E-state index in [0.29, 0.717) is 17.4 Å². The molecule has 5 heteroatoms. The topological polar surface area (TPSA) is 12.0 Å². The molecule has 0 radical (unpaired) electrons. The summed E-state index contributed by atoms with van der Waals surface area (Å²) in [6, 6.07) is 6.30. The summed E-state index contributed by atoms with van der Waals surface area (Å²) in [5, 5.41) is 3.34. The third-order valence-electron chi connectivity index (χ3n) is 3.06. The third kappa shape index (κ3) is 3.65. The molecule has 0 aliphatic carbocycles. The molecule has 0 spiro atoms. The first kappa shape index (κ1) is 13.7. The van der Waals surface area contributed by atoms with Crippen LogP contribution in [-0.2, 0) is 11.9 Å². The summed E-state index contributed by atoms with van der Waals surface area (Å²) in [7, 11) is 0. The molecule has 1 heterocycles. The summed E-state index contributed by atoms with van der Waals surface area (Å²) >= 11 is 1.57. The third-order valence-corrected chi connectivity index (χ3v) is 4.21.